The monoisotopic (exact) mass is 305 g/mol. The van der Waals surface area contributed by atoms with Gasteiger partial charge in [-0.05, 0) is 35.0 Å². The standard InChI is InChI=1S/C11H16BrNS2/c1-3-7-14-8-6-13-9(2)10-4-5-11(12)15-10/h3-5,9,13H,1,6-8H2,2H3. The van der Waals surface area contributed by atoms with Crippen molar-refractivity contribution in [1.82, 2.24) is 5.32 Å². The van der Waals surface area contributed by atoms with Gasteiger partial charge in [-0.2, -0.15) is 11.8 Å². The summed E-state index contributed by atoms with van der Waals surface area (Å²) in [6.45, 7) is 6.95. The molecule has 0 spiro atoms. The lowest BCUT2D eigenvalue weighted by atomic mass is 10.3. The molecule has 84 valence electrons. The number of thiophene rings is 1. The van der Waals surface area contributed by atoms with Crippen LogP contribution in [-0.2, 0) is 0 Å². The second-order valence-corrected chi connectivity index (χ2v) is 6.83. The molecule has 1 heterocycles. The topological polar surface area (TPSA) is 12.0 Å². The van der Waals surface area contributed by atoms with Crippen molar-refractivity contribution in [1.29, 1.82) is 0 Å². The highest BCUT2D eigenvalue weighted by Gasteiger charge is 2.06. The van der Waals surface area contributed by atoms with Crippen molar-refractivity contribution in [3.05, 3.63) is 33.5 Å². The number of nitrogens with one attached hydrogen (secondary N) is 1. The van der Waals surface area contributed by atoms with E-state index in [9.17, 15) is 0 Å². The molecule has 1 aromatic heterocycles. The number of hydrogen-bond donors (Lipinski definition) is 1. The maximum atomic E-state index is 3.70. The second kappa shape index (κ2) is 7.49. The molecule has 0 bridgehead atoms. The van der Waals surface area contributed by atoms with Crippen molar-refractivity contribution in [3.63, 3.8) is 0 Å². The highest BCUT2D eigenvalue weighted by Crippen LogP contribution is 2.26. The molecular weight excluding hydrogens is 290 g/mol. The van der Waals surface area contributed by atoms with E-state index in [1.807, 2.05) is 17.8 Å². The molecule has 0 aliphatic heterocycles. The molecule has 0 aromatic carbocycles. The Balaban J connectivity index is 2.18. The van der Waals surface area contributed by atoms with Crippen LogP contribution in [0.1, 0.15) is 17.8 Å². The normalized spacial score (nSPS) is 12.7. The molecule has 15 heavy (non-hydrogen) atoms. The molecule has 0 aliphatic carbocycles. The molecule has 1 rings (SSSR count). The zero-order chi connectivity index (χ0) is 11.1. The Morgan fingerprint density at radius 2 is 2.47 bits per heavy atom. The van der Waals surface area contributed by atoms with Crippen molar-refractivity contribution in [2.45, 2.75) is 13.0 Å². The van der Waals surface area contributed by atoms with Crippen LogP contribution in [0, 0.1) is 0 Å². The maximum Gasteiger partial charge on any atom is 0.0701 e. The fraction of sp³-hybridized carbons (Fsp3) is 0.455. The third-order valence-corrected chi connectivity index (χ3v) is 4.72. The first-order chi connectivity index (χ1) is 7.24. The van der Waals surface area contributed by atoms with Gasteiger partial charge in [0.2, 0.25) is 0 Å². The van der Waals surface area contributed by atoms with Crippen LogP contribution >= 0.6 is 39.0 Å². The predicted molar refractivity (Wildman–Crippen MR) is 76.0 cm³/mol. The van der Waals surface area contributed by atoms with Crippen molar-refractivity contribution in [3.8, 4) is 0 Å². The van der Waals surface area contributed by atoms with Gasteiger partial charge in [-0.3, -0.25) is 0 Å². The first kappa shape index (κ1) is 13.3. The van der Waals surface area contributed by atoms with E-state index in [-0.39, 0.29) is 0 Å². The Hall–Kier alpha value is 0.230. The molecule has 0 aliphatic rings. The Labute approximate surface area is 108 Å². The zero-order valence-corrected chi connectivity index (χ0v) is 12.1. The molecule has 1 N–H and O–H groups in total. The molecule has 1 unspecified atom stereocenters. The van der Waals surface area contributed by atoms with Gasteiger partial charge in [0.25, 0.3) is 0 Å². The predicted octanol–water partition coefficient (Wildman–Crippen LogP) is 4.08. The van der Waals surface area contributed by atoms with Gasteiger partial charge in [-0.1, -0.05) is 6.08 Å². The number of hydrogen-bond acceptors (Lipinski definition) is 3. The van der Waals surface area contributed by atoms with Crippen molar-refractivity contribution in [2.75, 3.05) is 18.1 Å². The molecule has 1 nitrogen and oxygen atoms in total. The van der Waals surface area contributed by atoms with Gasteiger partial charge in [0, 0.05) is 29.0 Å². The van der Waals surface area contributed by atoms with Gasteiger partial charge >= 0.3 is 0 Å². The largest absolute Gasteiger partial charge is 0.309 e. The first-order valence-electron chi connectivity index (χ1n) is 4.91. The maximum absolute atomic E-state index is 3.70. The number of thioether (sulfide) groups is 1. The first-order valence-corrected chi connectivity index (χ1v) is 7.67. The summed E-state index contributed by atoms with van der Waals surface area (Å²) in [5, 5.41) is 3.51. The molecule has 1 aromatic rings. The van der Waals surface area contributed by atoms with Crippen LogP contribution < -0.4 is 5.32 Å². The summed E-state index contributed by atoms with van der Waals surface area (Å²) in [4.78, 5) is 1.38. The molecule has 4 heteroatoms. The third kappa shape index (κ3) is 5.20. The van der Waals surface area contributed by atoms with Crippen molar-refractivity contribution < 1.29 is 0 Å². The molecule has 0 saturated heterocycles. The molecule has 0 saturated carbocycles. The van der Waals surface area contributed by atoms with Crippen LogP contribution in [0.15, 0.2) is 28.6 Å². The molecule has 1 atom stereocenters. The second-order valence-electron chi connectivity index (χ2n) is 3.18. The molecular formula is C11H16BrNS2. The smallest absolute Gasteiger partial charge is 0.0701 e. The lowest BCUT2D eigenvalue weighted by Crippen LogP contribution is -2.20. The van der Waals surface area contributed by atoms with E-state index >= 15 is 0 Å². The highest BCUT2D eigenvalue weighted by atomic mass is 79.9. The zero-order valence-electron chi connectivity index (χ0n) is 8.83. The summed E-state index contributed by atoms with van der Waals surface area (Å²) in [5.41, 5.74) is 0. The highest BCUT2D eigenvalue weighted by molar-refractivity contribution is 9.11. The summed E-state index contributed by atoms with van der Waals surface area (Å²) in [6.07, 6.45) is 1.95. The summed E-state index contributed by atoms with van der Waals surface area (Å²) in [7, 11) is 0. The Bertz CT molecular complexity index is 299. The lowest BCUT2D eigenvalue weighted by molar-refractivity contribution is 0.610. The van der Waals surface area contributed by atoms with Crippen molar-refractivity contribution >= 4 is 39.0 Å². The van der Waals surface area contributed by atoms with Gasteiger partial charge in [-0.25, -0.2) is 0 Å². The van der Waals surface area contributed by atoms with Gasteiger partial charge in [0.05, 0.1) is 3.79 Å². The quantitative estimate of drug-likeness (QED) is 0.602. The van der Waals surface area contributed by atoms with E-state index in [1.54, 1.807) is 11.3 Å². The van der Waals surface area contributed by atoms with E-state index in [4.69, 9.17) is 0 Å². The van der Waals surface area contributed by atoms with E-state index in [1.165, 1.54) is 8.66 Å². The Morgan fingerprint density at radius 3 is 3.07 bits per heavy atom. The number of rotatable bonds is 7. The summed E-state index contributed by atoms with van der Waals surface area (Å²) in [5.74, 6) is 2.18. The van der Waals surface area contributed by atoms with Crippen LogP contribution in [-0.4, -0.2) is 18.1 Å². The SMILES string of the molecule is C=CCSCCNC(C)c1ccc(Br)s1. The number of halogens is 1. The van der Waals surface area contributed by atoms with Crippen molar-refractivity contribution in [2.24, 2.45) is 0 Å². The van der Waals surface area contributed by atoms with Gasteiger partial charge in [0.15, 0.2) is 0 Å². The van der Waals surface area contributed by atoms with Crippen LogP contribution in [0.4, 0.5) is 0 Å². The average molecular weight is 306 g/mol. The van der Waals surface area contributed by atoms with E-state index in [2.05, 4.69) is 46.9 Å². The molecule has 0 radical (unpaired) electrons. The average Bonchev–Trinajstić information content (AvgIpc) is 2.64. The minimum absolute atomic E-state index is 0.450. The minimum Gasteiger partial charge on any atom is -0.309 e. The van der Waals surface area contributed by atoms with Crippen LogP contribution in [0.3, 0.4) is 0 Å². The van der Waals surface area contributed by atoms with Crippen LogP contribution in [0.5, 0.6) is 0 Å². The van der Waals surface area contributed by atoms with Gasteiger partial charge in [0.1, 0.15) is 0 Å². The third-order valence-electron chi connectivity index (χ3n) is 1.95. The van der Waals surface area contributed by atoms with Crippen LogP contribution in [0.25, 0.3) is 0 Å². The van der Waals surface area contributed by atoms with E-state index in [0.29, 0.717) is 6.04 Å². The van der Waals surface area contributed by atoms with Crippen LogP contribution in [0.2, 0.25) is 0 Å². The summed E-state index contributed by atoms with van der Waals surface area (Å²) >= 11 is 7.18. The Morgan fingerprint density at radius 1 is 1.67 bits per heavy atom. The van der Waals surface area contributed by atoms with E-state index in [0.717, 1.165) is 18.1 Å². The summed E-state index contributed by atoms with van der Waals surface area (Å²) in [6, 6.07) is 4.72. The van der Waals surface area contributed by atoms with E-state index < -0.39 is 0 Å². The molecule has 0 fully saturated rings. The fourth-order valence-electron chi connectivity index (χ4n) is 1.18. The summed E-state index contributed by atoms with van der Waals surface area (Å²) < 4.78 is 1.20. The Kier molecular flexibility index (Phi) is 6.64. The lowest BCUT2D eigenvalue weighted by Gasteiger charge is -2.11. The van der Waals surface area contributed by atoms with Gasteiger partial charge < -0.3 is 5.32 Å². The molecule has 0 amide bonds. The minimum atomic E-state index is 0.450. The van der Waals surface area contributed by atoms with Gasteiger partial charge in [-0.15, -0.1) is 17.9 Å². The fourth-order valence-corrected chi connectivity index (χ4v) is 3.22.